The fourth-order valence-corrected chi connectivity index (χ4v) is 7.33. The molecule has 3 atom stereocenters. The van der Waals surface area contributed by atoms with Crippen LogP contribution in [0.3, 0.4) is 0 Å². The van der Waals surface area contributed by atoms with E-state index in [2.05, 4.69) is 21.3 Å². The van der Waals surface area contributed by atoms with E-state index in [4.69, 9.17) is 14.2 Å². The summed E-state index contributed by atoms with van der Waals surface area (Å²) in [7, 11) is 0.0878. The third-order valence-corrected chi connectivity index (χ3v) is 11.0. The fourth-order valence-electron chi connectivity index (χ4n) is 5.98. The molecule has 3 aromatic rings. The summed E-state index contributed by atoms with van der Waals surface area (Å²) in [5.41, 5.74) is 1.45. The molecule has 0 saturated carbocycles. The Labute approximate surface area is 328 Å². The number of amides is 4. The van der Waals surface area contributed by atoms with Gasteiger partial charge in [-0.2, -0.15) is 17.0 Å². The van der Waals surface area contributed by atoms with Gasteiger partial charge in [-0.25, -0.2) is 0 Å². The number of benzene rings is 3. The number of aliphatic hydroxyl groups excluding tert-OH is 1. The summed E-state index contributed by atoms with van der Waals surface area (Å²) in [5.74, 6) is -1.88. The average molecular weight is 797 g/mol. The van der Waals surface area contributed by atoms with Crippen LogP contribution in [0.2, 0.25) is 0 Å². The molecule has 0 saturated heterocycles. The third-order valence-electron chi connectivity index (χ3n) is 9.13. The molecule has 1 heterocycles. The van der Waals surface area contributed by atoms with Gasteiger partial charge in [-0.05, 0) is 61.6 Å². The van der Waals surface area contributed by atoms with Crippen molar-refractivity contribution in [2.45, 2.75) is 64.9 Å². The van der Waals surface area contributed by atoms with Crippen LogP contribution in [0.4, 0.5) is 0 Å². The molecule has 17 heteroatoms. The van der Waals surface area contributed by atoms with E-state index in [9.17, 15) is 32.7 Å². The fraction of sp³-hybridized carbons (Fsp3) is 0.436. The number of nitrogens with one attached hydrogen (secondary N) is 4. The Bertz CT molecular complexity index is 1940. The molecule has 0 radical (unpaired) electrons. The molecule has 1 aliphatic heterocycles. The van der Waals surface area contributed by atoms with Crippen molar-refractivity contribution >= 4 is 33.8 Å². The standard InChI is InChI=1S/C39H52N6O10S/c1-25(2)35-38(49)41-22-29-30(53-5)15-12-16-31(29)55-33-21-28(17-18-32(33)54-6)37(48)40-19-10-11-20-45(24-34(47)42-36(26(3)46)39(50)43-35)56(51,52)44(4)23-27-13-8-7-9-14-27/h7-9,12-18,21,25-26,35-36,46H,10-11,19-20,22-24H2,1-6H3,(H,40,48)(H,41,49)(H,42,47)(H,43,50)/t26-,35-,36+/m1/s1. The summed E-state index contributed by atoms with van der Waals surface area (Å²) in [6.45, 7) is 4.07. The van der Waals surface area contributed by atoms with Crippen LogP contribution in [-0.4, -0.2) is 105 Å². The molecule has 56 heavy (non-hydrogen) atoms. The molecule has 2 bridgehead atoms. The highest BCUT2D eigenvalue weighted by molar-refractivity contribution is 7.86. The van der Waals surface area contributed by atoms with E-state index in [1.54, 1.807) is 68.4 Å². The Balaban J connectivity index is 1.68. The van der Waals surface area contributed by atoms with Crippen LogP contribution in [0.1, 0.15) is 55.1 Å². The molecule has 16 nitrogen and oxygen atoms in total. The highest BCUT2D eigenvalue weighted by atomic mass is 32.2. The first-order valence-corrected chi connectivity index (χ1v) is 19.7. The van der Waals surface area contributed by atoms with Gasteiger partial charge in [0.05, 0.1) is 39.0 Å². The maximum atomic E-state index is 13.9. The number of rotatable bonds is 8. The van der Waals surface area contributed by atoms with E-state index in [0.29, 0.717) is 29.2 Å². The molecule has 0 aliphatic carbocycles. The van der Waals surface area contributed by atoms with E-state index < -0.39 is 64.5 Å². The topological polar surface area (TPSA) is 205 Å². The van der Waals surface area contributed by atoms with Gasteiger partial charge in [0.25, 0.3) is 16.1 Å². The minimum atomic E-state index is -4.23. The largest absolute Gasteiger partial charge is 0.496 e. The van der Waals surface area contributed by atoms with Gasteiger partial charge in [0, 0.05) is 32.2 Å². The lowest BCUT2D eigenvalue weighted by Crippen LogP contribution is -2.59. The van der Waals surface area contributed by atoms with Crippen LogP contribution in [-0.2, 0) is 37.7 Å². The average Bonchev–Trinajstić information content (AvgIpc) is 3.17. The Kier molecular flexibility index (Phi) is 15.6. The zero-order valence-electron chi connectivity index (χ0n) is 32.5. The number of aliphatic hydroxyl groups is 1. The Morgan fingerprint density at radius 2 is 1.57 bits per heavy atom. The molecular formula is C39H52N6O10S. The predicted molar refractivity (Wildman–Crippen MR) is 208 cm³/mol. The Morgan fingerprint density at radius 1 is 0.857 bits per heavy atom. The number of hydrogen-bond donors (Lipinski definition) is 5. The summed E-state index contributed by atoms with van der Waals surface area (Å²) in [6, 6.07) is 16.0. The molecule has 5 N–H and O–H groups in total. The lowest BCUT2D eigenvalue weighted by Gasteiger charge is -2.29. The van der Waals surface area contributed by atoms with Crippen molar-refractivity contribution in [3.8, 4) is 23.0 Å². The molecule has 304 valence electrons. The van der Waals surface area contributed by atoms with Gasteiger partial charge in [-0.3, -0.25) is 19.2 Å². The van der Waals surface area contributed by atoms with Crippen molar-refractivity contribution in [2.75, 3.05) is 40.9 Å². The molecular weight excluding hydrogens is 745 g/mol. The number of hydrogen-bond acceptors (Lipinski definition) is 10. The number of nitrogens with zero attached hydrogens (tertiary/aromatic N) is 2. The van der Waals surface area contributed by atoms with Crippen LogP contribution in [0, 0.1) is 5.92 Å². The highest BCUT2D eigenvalue weighted by Crippen LogP contribution is 2.37. The Morgan fingerprint density at radius 3 is 2.23 bits per heavy atom. The van der Waals surface area contributed by atoms with Crippen LogP contribution < -0.4 is 35.5 Å². The molecule has 4 amide bonds. The number of carbonyl (C=O) groups is 4. The monoisotopic (exact) mass is 796 g/mol. The molecule has 0 aromatic heterocycles. The van der Waals surface area contributed by atoms with Crippen molar-refractivity contribution in [2.24, 2.45) is 5.92 Å². The smallest absolute Gasteiger partial charge is 0.282 e. The van der Waals surface area contributed by atoms with Gasteiger partial charge in [-0.15, -0.1) is 0 Å². The molecule has 3 aromatic carbocycles. The first-order chi connectivity index (χ1) is 26.7. The van der Waals surface area contributed by atoms with Gasteiger partial charge in [0.15, 0.2) is 11.5 Å². The van der Waals surface area contributed by atoms with E-state index >= 15 is 0 Å². The first kappa shape index (κ1) is 43.5. The zero-order valence-corrected chi connectivity index (χ0v) is 33.4. The Hall–Kier alpha value is -5.23. The second-order valence-corrected chi connectivity index (χ2v) is 15.7. The normalized spacial score (nSPS) is 19.1. The molecule has 4 rings (SSSR count). The van der Waals surface area contributed by atoms with E-state index in [0.717, 1.165) is 14.2 Å². The van der Waals surface area contributed by atoms with Gasteiger partial charge in [0.1, 0.15) is 23.6 Å². The van der Waals surface area contributed by atoms with E-state index in [1.807, 2.05) is 6.07 Å². The molecule has 0 spiro atoms. The zero-order chi connectivity index (χ0) is 41.0. The van der Waals surface area contributed by atoms with E-state index in [1.165, 1.54) is 34.3 Å². The number of fused-ring (bicyclic) bond motifs is 3. The van der Waals surface area contributed by atoms with Crippen molar-refractivity contribution in [1.82, 2.24) is 29.9 Å². The molecule has 0 fully saturated rings. The van der Waals surface area contributed by atoms with Crippen molar-refractivity contribution < 1.29 is 46.9 Å². The van der Waals surface area contributed by atoms with Crippen molar-refractivity contribution in [3.05, 3.63) is 83.4 Å². The second-order valence-electron chi connectivity index (χ2n) is 13.7. The lowest BCUT2D eigenvalue weighted by molar-refractivity contribution is -0.135. The van der Waals surface area contributed by atoms with Gasteiger partial charge < -0.3 is 40.6 Å². The van der Waals surface area contributed by atoms with Gasteiger partial charge >= 0.3 is 0 Å². The highest BCUT2D eigenvalue weighted by Gasteiger charge is 2.34. The van der Waals surface area contributed by atoms with E-state index in [-0.39, 0.29) is 43.9 Å². The predicted octanol–water partition coefficient (Wildman–Crippen LogP) is 2.32. The maximum absolute atomic E-state index is 13.9. The first-order valence-electron chi connectivity index (χ1n) is 18.3. The number of methoxy groups -OCH3 is 2. The maximum Gasteiger partial charge on any atom is 0.282 e. The van der Waals surface area contributed by atoms with Crippen molar-refractivity contribution in [1.29, 1.82) is 0 Å². The quantitative estimate of drug-likeness (QED) is 0.225. The van der Waals surface area contributed by atoms with Crippen molar-refractivity contribution in [3.63, 3.8) is 0 Å². The number of ether oxygens (including phenoxy) is 3. The summed E-state index contributed by atoms with van der Waals surface area (Å²) in [4.78, 5) is 54.0. The lowest BCUT2D eigenvalue weighted by atomic mass is 10.0. The number of carbonyl (C=O) groups excluding carboxylic acids is 4. The van der Waals surface area contributed by atoms with Crippen LogP contribution >= 0.6 is 0 Å². The third kappa shape index (κ3) is 11.4. The molecule has 0 unspecified atom stereocenters. The molecule has 1 aliphatic rings. The summed E-state index contributed by atoms with van der Waals surface area (Å²) in [5, 5.41) is 21.4. The van der Waals surface area contributed by atoms with Crippen LogP contribution in [0.25, 0.3) is 0 Å². The summed E-state index contributed by atoms with van der Waals surface area (Å²) >= 11 is 0. The van der Waals surface area contributed by atoms with Gasteiger partial charge in [0.2, 0.25) is 17.7 Å². The SMILES string of the molecule is COc1ccc2cc1Oc1cccc(OC)c1CNC(=O)[C@@H](C(C)C)NC(=O)[C@H]([C@@H](C)O)NC(=O)CN(S(=O)(=O)N(C)Cc1ccccc1)CCCCNC2=O. The minimum Gasteiger partial charge on any atom is -0.496 e. The van der Waals surface area contributed by atoms with Crippen LogP contribution in [0.15, 0.2) is 66.7 Å². The minimum absolute atomic E-state index is 0.0279. The van der Waals surface area contributed by atoms with Gasteiger partial charge in [-0.1, -0.05) is 50.2 Å². The summed E-state index contributed by atoms with van der Waals surface area (Å²) < 4.78 is 47.2. The van der Waals surface area contributed by atoms with Crippen LogP contribution in [0.5, 0.6) is 23.0 Å². The summed E-state index contributed by atoms with van der Waals surface area (Å²) in [6.07, 6.45) is -0.806. The second kappa shape index (κ2) is 20.1.